The van der Waals surface area contributed by atoms with Crippen molar-refractivity contribution in [2.45, 2.75) is 24.8 Å². The second-order valence-electron chi connectivity index (χ2n) is 7.90. The molecule has 0 spiro atoms. The Balaban J connectivity index is 1.37. The van der Waals surface area contributed by atoms with Crippen LogP contribution in [0.4, 0.5) is 0 Å². The molecule has 6 nitrogen and oxygen atoms in total. The Bertz CT molecular complexity index is 814. The number of morpholine rings is 1. The van der Waals surface area contributed by atoms with E-state index in [9.17, 15) is 0 Å². The number of rotatable bonds is 6. The average molecular weight is 409 g/mol. The number of fused-ring (bicyclic) bond motifs is 1. The van der Waals surface area contributed by atoms with Gasteiger partial charge in [0, 0.05) is 46.9 Å². The molecule has 2 fully saturated rings. The Morgan fingerprint density at radius 1 is 1.13 bits per heavy atom. The summed E-state index contributed by atoms with van der Waals surface area (Å²) in [6, 6.07) is 21.4. The van der Waals surface area contributed by atoms with Gasteiger partial charge in [0.15, 0.2) is 5.96 Å². The highest BCUT2D eigenvalue weighted by atomic mass is 16.5. The molecule has 4 rings (SSSR count). The zero-order valence-electron chi connectivity index (χ0n) is 17.9. The first kappa shape index (κ1) is 20.8. The number of methoxy groups -OCH3 is 1. The molecule has 30 heavy (non-hydrogen) atoms. The van der Waals surface area contributed by atoms with Gasteiger partial charge in [-0.2, -0.15) is 0 Å². The lowest BCUT2D eigenvalue weighted by Gasteiger charge is -2.36. The van der Waals surface area contributed by atoms with Crippen LogP contribution in [0.25, 0.3) is 0 Å². The van der Waals surface area contributed by atoms with E-state index in [1.807, 2.05) is 25.2 Å². The summed E-state index contributed by atoms with van der Waals surface area (Å²) in [5.41, 5.74) is 2.51. The van der Waals surface area contributed by atoms with Crippen LogP contribution in [0.5, 0.6) is 0 Å². The number of aliphatic imine (C=N–C) groups is 1. The monoisotopic (exact) mass is 408 g/mol. The first-order valence-corrected chi connectivity index (χ1v) is 10.7. The minimum absolute atomic E-state index is 0.0151. The van der Waals surface area contributed by atoms with Crippen molar-refractivity contribution in [3.8, 4) is 0 Å². The van der Waals surface area contributed by atoms with Gasteiger partial charge < -0.3 is 19.7 Å². The summed E-state index contributed by atoms with van der Waals surface area (Å²) in [4.78, 5) is 9.41. The molecule has 2 aromatic carbocycles. The van der Waals surface area contributed by atoms with Crippen LogP contribution in [-0.2, 0) is 16.0 Å². The predicted molar refractivity (Wildman–Crippen MR) is 120 cm³/mol. The lowest BCUT2D eigenvalue weighted by Crippen LogP contribution is -2.50. The lowest BCUT2D eigenvalue weighted by atomic mass is 10.1. The number of nitrogens with zero attached hydrogens (tertiary/aromatic N) is 3. The maximum atomic E-state index is 6.12. The highest BCUT2D eigenvalue weighted by Gasteiger charge is 2.41. The van der Waals surface area contributed by atoms with E-state index in [2.05, 4.69) is 62.6 Å². The van der Waals surface area contributed by atoms with Gasteiger partial charge >= 0.3 is 0 Å². The van der Waals surface area contributed by atoms with E-state index in [0.717, 1.165) is 44.3 Å². The minimum atomic E-state index is -0.0151. The Morgan fingerprint density at radius 2 is 1.87 bits per heavy atom. The van der Waals surface area contributed by atoms with Crippen LogP contribution in [0.3, 0.4) is 0 Å². The van der Waals surface area contributed by atoms with Crippen LogP contribution in [-0.4, -0.2) is 74.8 Å². The molecule has 0 radical (unpaired) electrons. The highest BCUT2D eigenvalue weighted by molar-refractivity contribution is 5.80. The lowest BCUT2D eigenvalue weighted by molar-refractivity contribution is -0.0502. The maximum absolute atomic E-state index is 6.12. The largest absolute Gasteiger partial charge is 0.375 e. The van der Waals surface area contributed by atoms with Crippen molar-refractivity contribution in [3.63, 3.8) is 0 Å². The van der Waals surface area contributed by atoms with Gasteiger partial charge in [-0.3, -0.25) is 9.89 Å². The van der Waals surface area contributed by atoms with Gasteiger partial charge in [-0.15, -0.1) is 0 Å². The zero-order chi connectivity index (χ0) is 20.8. The normalized spacial score (nSPS) is 23.3. The number of likely N-dealkylation sites (tertiary alicyclic amines) is 1. The van der Waals surface area contributed by atoms with E-state index in [1.165, 1.54) is 5.56 Å². The van der Waals surface area contributed by atoms with E-state index in [4.69, 9.17) is 9.47 Å². The van der Waals surface area contributed by atoms with E-state index in [1.54, 1.807) is 7.11 Å². The van der Waals surface area contributed by atoms with E-state index >= 15 is 0 Å². The van der Waals surface area contributed by atoms with Crippen LogP contribution < -0.4 is 5.32 Å². The van der Waals surface area contributed by atoms with Crippen LogP contribution in [0.1, 0.15) is 17.2 Å². The molecular formula is C24H32N4O2. The molecule has 2 aliphatic rings. The molecule has 0 aromatic heterocycles. The first-order chi connectivity index (χ1) is 14.8. The van der Waals surface area contributed by atoms with Crippen molar-refractivity contribution in [2.75, 3.05) is 46.9 Å². The molecule has 6 heteroatoms. The van der Waals surface area contributed by atoms with Gasteiger partial charge in [-0.1, -0.05) is 60.7 Å². The third-order valence-corrected chi connectivity index (χ3v) is 6.06. The molecule has 1 N–H and O–H groups in total. The van der Waals surface area contributed by atoms with Gasteiger partial charge in [0.05, 0.1) is 24.9 Å². The summed E-state index contributed by atoms with van der Waals surface area (Å²) in [5, 5.41) is 3.51. The fourth-order valence-corrected chi connectivity index (χ4v) is 4.47. The molecular weight excluding hydrogens is 376 g/mol. The van der Waals surface area contributed by atoms with Crippen molar-refractivity contribution in [2.24, 2.45) is 4.99 Å². The van der Waals surface area contributed by atoms with Crippen molar-refractivity contribution in [3.05, 3.63) is 71.8 Å². The van der Waals surface area contributed by atoms with Gasteiger partial charge in [0.25, 0.3) is 0 Å². The predicted octanol–water partition coefficient (Wildman–Crippen LogP) is 2.53. The summed E-state index contributed by atoms with van der Waals surface area (Å²) < 4.78 is 11.8. The van der Waals surface area contributed by atoms with Gasteiger partial charge in [0.1, 0.15) is 0 Å². The molecule has 2 saturated heterocycles. The second-order valence-corrected chi connectivity index (χ2v) is 7.90. The number of ether oxygens (including phenoxy) is 2. The number of benzene rings is 2. The van der Waals surface area contributed by atoms with Gasteiger partial charge in [0.2, 0.25) is 0 Å². The van der Waals surface area contributed by atoms with Crippen LogP contribution in [0.15, 0.2) is 65.7 Å². The molecule has 0 amide bonds. The molecule has 2 aromatic rings. The number of guanidine groups is 1. The number of nitrogens with one attached hydrogen (secondary N) is 1. The van der Waals surface area contributed by atoms with Crippen molar-refractivity contribution in [1.82, 2.24) is 15.1 Å². The molecule has 160 valence electrons. The van der Waals surface area contributed by atoms with Crippen molar-refractivity contribution < 1.29 is 9.47 Å². The van der Waals surface area contributed by atoms with Crippen molar-refractivity contribution in [1.29, 1.82) is 0 Å². The molecule has 0 bridgehead atoms. The van der Waals surface area contributed by atoms with E-state index < -0.39 is 0 Å². The number of hydrogen-bond acceptors (Lipinski definition) is 4. The zero-order valence-corrected chi connectivity index (χ0v) is 17.9. The summed E-state index contributed by atoms with van der Waals surface area (Å²) in [6.45, 7) is 5.17. The molecule has 3 atom stereocenters. The standard InChI is InChI=1S/C24H32N4O2/c1-25-24(26-15-22(29-2)20-11-7-4-8-12-20)28-17-21-23(18-28)30-14-13-27(21)16-19-9-5-3-6-10-19/h3-12,21-23H,13-18H2,1-2H3,(H,25,26). The molecule has 3 unspecified atom stereocenters. The van der Waals surface area contributed by atoms with E-state index in [0.29, 0.717) is 12.6 Å². The quantitative estimate of drug-likeness (QED) is 0.588. The summed E-state index contributed by atoms with van der Waals surface area (Å²) in [7, 11) is 3.60. The highest BCUT2D eigenvalue weighted by Crippen LogP contribution is 2.25. The fourth-order valence-electron chi connectivity index (χ4n) is 4.47. The second kappa shape index (κ2) is 10.1. The maximum Gasteiger partial charge on any atom is 0.193 e. The Labute approximate surface area is 179 Å². The smallest absolute Gasteiger partial charge is 0.193 e. The Kier molecular flexibility index (Phi) is 7.00. The van der Waals surface area contributed by atoms with Crippen LogP contribution >= 0.6 is 0 Å². The van der Waals surface area contributed by atoms with Crippen LogP contribution in [0, 0.1) is 0 Å². The van der Waals surface area contributed by atoms with E-state index in [-0.39, 0.29) is 12.2 Å². The third kappa shape index (κ3) is 4.83. The minimum Gasteiger partial charge on any atom is -0.375 e. The molecule has 0 saturated carbocycles. The number of hydrogen-bond donors (Lipinski definition) is 1. The average Bonchev–Trinajstić information content (AvgIpc) is 3.23. The topological polar surface area (TPSA) is 49.3 Å². The molecule has 2 heterocycles. The molecule has 2 aliphatic heterocycles. The SMILES string of the molecule is CN=C(NCC(OC)c1ccccc1)N1CC2OCCN(Cc3ccccc3)C2C1. The Morgan fingerprint density at radius 3 is 2.57 bits per heavy atom. The van der Waals surface area contributed by atoms with Gasteiger partial charge in [-0.25, -0.2) is 0 Å². The first-order valence-electron chi connectivity index (χ1n) is 10.7. The summed E-state index contributed by atoms with van der Waals surface area (Å²) in [5.74, 6) is 0.908. The summed E-state index contributed by atoms with van der Waals surface area (Å²) >= 11 is 0. The van der Waals surface area contributed by atoms with Crippen molar-refractivity contribution >= 4 is 5.96 Å². The third-order valence-electron chi connectivity index (χ3n) is 6.06. The summed E-state index contributed by atoms with van der Waals surface area (Å²) in [6.07, 6.45) is 0.201. The molecule has 0 aliphatic carbocycles. The van der Waals surface area contributed by atoms with Gasteiger partial charge in [-0.05, 0) is 11.1 Å². The van der Waals surface area contributed by atoms with Crippen LogP contribution in [0.2, 0.25) is 0 Å². The Hall–Kier alpha value is -2.41. The fraction of sp³-hybridized carbons (Fsp3) is 0.458.